The van der Waals surface area contributed by atoms with Crippen LogP contribution in [0.3, 0.4) is 0 Å². The molecule has 3 rings (SSSR count). The lowest BCUT2D eigenvalue weighted by molar-refractivity contribution is 0.102. The topological polar surface area (TPSA) is 105 Å². The number of ketones is 1. The molecule has 0 saturated heterocycles. The summed E-state index contributed by atoms with van der Waals surface area (Å²) in [5.74, 6) is 0.0270. The second kappa shape index (κ2) is 5.17. The Labute approximate surface area is 116 Å². The molecule has 0 saturated carbocycles. The summed E-state index contributed by atoms with van der Waals surface area (Å²) >= 11 is 1.18. The van der Waals surface area contributed by atoms with Crippen molar-refractivity contribution in [3.8, 4) is 0 Å². The summed E-state index contributed by atoms with van der Waals surface area (Å²) in [6.07, 6.45) is 4.09. The summed E-state index contributed by atoms with van der Waals surface area (Å²) in [6, 6.07) is 3.23. The van der Waals surface area contributed by atoms with E-state index >= 15 is 0 Å². The standard InChI is InChI=1S/C12H8N4O3S/c17-7(8-2-1-4-19-8)3-5-20-12-15-9-10(16-12)13-6-14-11(9)18/h1-6H,(H2,13,14,15,16,18)/b5-3-. The van der Waals surface area contributed by atoms with Crippen molar-refractivity contribution in [2.75, 3.05) is 0 Å². The van der Waals surface area contributed by atoms with Gasteiger partial charge in [-0.25, -0.2) is 9.97 Å². The van der Waals surface area contributed by atoms with Gasteiger partial charge in [-0.15, -0.1) is 0 Å². The number of thioether (sulfide) groups is 1. The lowest BCUT2D eigenvalue weighted by atomic mass is 10.3. The minimum Gasteiger partial charge on any atom is -0.461 e. The van der Waals surface area contributed by atoms with Gasteiger partial charge >= 0.3 is 0 Å². The average Bonchev–Trinajstić information content (AvgIpc) is 3.07. The highest BCUT2D eigenvalue weighted by Crippen LogP contribution is 2.17. The maximum Gasteiger partial charge on any atom is 0.276 e. The van der Waals surface area contributed by atoms with Crippen molar-refractivity contribution in [1.29, 1.82) is 0 Å². The zero-order valence-corrected chi connectivity index (χ0v) is 10.8. The molecule has 0 bridgehead atoms. The normalized spacial score (nSPS) is 11.4. The van der Waals surface area contributed by atoms with Crippen LogP contribution in [0.25, 0.3) is 11.2 Å². The molecule has 3 aromatic heterocycles. The van der Waals surface area contributed by atoms with E-state index < -0.39 is 0 Å². The van der Waals surface area contributed by atoms with E-state index in [1.165, 1.54) is 30.4 Å². The van der Waals surface area contributed by atoms with Crippen LogP contribution in [0.15, 0.2) is 50.6 Å². The maximum atomic E-state index is 11.6. The fourth-order valence-electron chi connectivity index (χ4n) is 1.54. The molecule has 0 radical (unpaired) electrons. The molecule has 0 aliphatic carbocycles. The van der Waals surface area contributed by atoms with Crippen LogP contribution in [-0.4, -0.2) is 25.7 Å². The first-order valence-corrected chi connectivity index (χ1v) is 6.46. The van der Waals surface area contributed by atoms with Gasteiger partial charge in [0.15, 0.2) is 22.1 Å². The number of nitrogens with zero attached hydrogens (tertiary/aromatic N) is 2. The minimum absolute atomic E-state index is 0.241. The second-order valence-corrected chi connectivity index (χ2v) is 4.63. The van der Waals surface area contributed by atoms with E-state index in [0.29, 0.717) is 16.3 Å². The third-order valence-electron chi connectivity index (χ3n) is 2.44. The Kier molecular flexibility index (Phi) is 3.21. The molecule has 0 amide bonds. The summed E-state index contributed by atoms with van der Waals surface area (Å²) in [4.78, 5) is 36.4. The highest BCUT2D eigenvalue weighted by atomic mass is 32.2. The third kappa shape index (κ3) is 2.41. The van der Waals surface area contributed by atoms with E-state index in [0.717, 1.165) is 0 Å². The van der Waals surface area contributed by atoms with Gasteiger partial charge in [-0.2, -0.15) is 0 Å². The Morgan fingerprint density at radius 3 is 3.10 bits per heavy atom. The van der Waals surface area contributed by atoms with Gasteiger partial charge in [-0.05, 0) is 23.6 Å². The van der Waals surface area contributed by atoms with Crippen molar-refractivity contribution < 1.29 is 9.21 Å². The lowest BCUT2D eigenvalue weighted by Gasteiger charge is -1.88. The molecule has 0 spiro atoms. The molecule has 3 aromatic rings. The predicted molar refractivity (Wildman–Crippen MR) is 72.5 cm³/mol. The van der Waals surface area contributed by atoms with Crippen molar-refractivity contribution in [3.05, 3.63) is 52.3 Å². The number of carbonyl (C=O) groups is 1. The molecular formula is C12H8N4O3S. The first-order valence-electron chi connectivity index (χ1n) is 5.58. The Balaban J connectivity index is 1.75. The summed E-state index contributed by atoms with van der Waals surface area (Å²) < 4.78 is 4.97. The van der Waals surface area contributed by atoms with Gasteiger partial charge in [0.2, 0.25) is 5.78 Å². The highest BCUT2D eigenvalue weighted by molar-refractivity contribution is 8.02. The Morgan fingerprint density at radius 2 is 2.35 bits per heavy atom. The summed E-state index contributed by atoms with van der Waals surface area (Å²) in [5, 5.41) is 2.05. The van der Waals surface area contributed by atoms with Crippen LogP contribution in [0.4, 0.5) is 0 Å². The van der Waals surface area contributed by atoms with E-state index in [1.807, 2.05) is 0 Å². The number of H-pyrrole nitrogens is 2. The number of allylic oxidation sites excluding steroid dienone is 1. The van der Waals surface area contributed by atoms with E-state index in [2.05, 4.69) is 19.9 Å². The van der Waals surface area contributed by atoms with Gasteiger partial charge in [-0.3, -0.25) is 9.59 Å². The fourth-order valence-corrected chi connectivity index (χ4v) is 2.16. The predicted octanol–water partition coefficient (Wildman–Crippen LogP) is 1.73. The number of nitrogens with one attached hydrogen (secondary N) is 2. The first kappa shape index (κ1) is 12.4. The molecule has 7 nitrogen and oxygen atoms in total. The van der Waals surface area contributed by atoms with Crippen LogP contribution < -0.4 is 5.56 Å². The second-order valence-electron chi connectivity index (χ2n) is 3.73. The summed E-state index contributed by atoms with van der Waals surface area (Å²) in [5.41, 5.74) is 0.354. The van der Waals surface area contributed by atoms with Crippen molar-refractivity contribution in [1.82, 2.24) is 19.9 Å². The molecule has 8 heteroatoms. The molecule has 0 aliphatic heterocycles. The maximum absolute atomic E-state index is 11.6. The lowest BCUT2D eigenvalue weighted by Crippen LogP contribution is -2.05. The molecule has 0 unspecified atom stereocenters. The van der Waals surface area contributed by atoms with Crippen molar-refractivity contribution >= 4 is 28.7 Å². The Bertz CT molecular complexity index is 832. The van der Waals surface area contributed by atoms with Gasteiger partial charge in [0.05, 0.1) is 12.6 Å². The van der Waals surface area contributed by atoms with E-state index in [1.54, 1.807) is 17.5 Å². The molecule has 0 fully saturated rings. The van der Waals surface area contributed by atoms with Crippen LogP contribution in [0.1, 0.15) is 10.6 Å². The molecule has 0 atom stereocenters. The molecule has 100 valence electrons. The van der Waals surface area contributed by atoms with E-state index in [9.17, 15) is 9.59 Å². The van der Waals surface area contributed by atoms with Gasteiger partial charge in [0.25, 0.3) is 5.56 Å². The number of furan rings is 1. The zero-order chi connectivity index (χ0) is 13.9. The highest BCUT2D eigenvalue weighted by Gasteiger charge is 2.07. The fraction of sp³-hybridized carbons (Fsp3) is 0. The summed E-state index contributed by atoms with van der Waals surface area (Å²) in [7, 11) is 0. The van der Waals surface area contributed by atoms with Crippen molar-refractivity contribution in [2.24, 2.45) is 0 Å². The summed E-state index contributed by atoms with van der Waals surface area (Å²) in [6.45, 7) is 0. The van der Waals surface area contributed by atoms with Crippen LogP contribution >= 0.6 is 11.8 Å². The quantitative estimate of drug-likeness (QED) is 0.430. The zero-order valence-electron chi connectivity index (χ0n) is 9.99. The molecule has 2 N–H and O–H groups in total. The average molecular weight is 288 g/mol. The van der Waals surface area contributed by atoms with Crippen molar-refractivity contribution in [3.63, 3.8) is 0 Å². The number of aromatic amines is 2. The third-order valence-corrected chi connectivity index (χ3v) is 3.12. The SMILES string of the molecule is O=C(/C=C\Sc1nc2nc[nH]c(=O)c2[nH]1)c1ccco1. The molecule has 3 heterocycles. The minimum atomic E-state index is -0.287. The van der Waals surface area contributed by atoms with Gasteiger partial charge in [-0.1, -0.05) is 11.8 Å². The van der Waals surface area contributed by atoms with Gasteiger partial charge in [0, 0.05) is 0 Å². The monoisotopic (exact) mass is 288 g/mol. The molecular weight excluding hydrogens is 280 g/mol. The molecule has 0 aliphatic rings. The largest absolute Gasteiger partial charge is 0.461 e. The number of carbonyl (C=O) groups excluding carboxylic acids is 1. The van der Waals surface area contributed by atoms with E-state index in [-0.39, 0.29) is 17.1 Å². The molecule has 20 heavy (non-hydrogen) atoms. The van der Waals surface area contributed by atoms with Crippen molar-refractivity contribution in [2.45, 2.75) is 5.16 Å². The number of rotatable bonds is 4. The van der Waals surface area contributed by atoms with Crippen LogP contribution in [0.5, 0.6) is 0 Å². The first-order chi connectivity index (χ1) is 9.74. The Hall–Kier alpha value is -2.61. The van der Waals surface area contributed by atoms with Crippen LogP contribution in [-0.2, 0) is 0 Å². The number of imidazole rings is 1. The number of fused-ring (bicyclic) bond motifs is 1. The molecule has 0 aromatic carbocycles. The number of aromatic nitrogens is 4. The Morgan fingerprint density at radius 1 is 1.45 bits per heavy atom. The van der Waals surface area contributed by atoms with Crippen LogP contribution in [0, 0.1) is 0 Å². The number of hydrogen-bond acceptors (Lipinski definition) is 6. The van der Waals surface area contributed by atoms with Gasteiger partial charge < -0.3 is 14.4 Å². The van der Waals surface area contributed by atoms with Gasteiger partial charge in [0.1, 0.15) is 0 Å². The van der Waals surface area contributed by atoms with Crippen LogP contribution in [0.2, 0.25) is 0 Å². The smallest absolute Gasteiger partial charge is 0.276 e. The number of hydrogen-bond donors (Lipinski definition) is 2. The van der Waals surface area contributed by atoms with E-state index in [4.69, 9.17) is 4.42 Å².